The smallest absolute Gasteiger partial charge is 0.370 e. The molecule has 0 bridgehead atoms. The quantitative estimate of drug-likeness (QED) is 0.751. The number of hydrogen-bond acceptors (Lipinski definition) is 3. The summed E-state index contributed by atoms with van der Waals surface area (Å²) in [6.45, 7) is 0.320. The zero-order chi connectivity index (χ0) is 19.2. The molecule has 1 heterocycles. The molecular formula is C17H19F3N4O2. The van der Waals surface area contributed by atoms with E-state index in [2.05, 4.69) is 10.4 Å². The summed E-state index contributed by atoms with van der Waals surface area (Å²) in [7, 11) is 0. The number of halogens is 3. The van der Waals surface area contributed by atoms with Crippen molar-refractivity contribution in [1.29, 1.82) is 0 Å². The van der Waals surface area contributed by atoms with Crippen molar-refractivity contribution < 1.29 is 22.8 Å². The minimum atomic E-state index is -4.37. The third-order valence-corrected chi connectivity index (χ3v) is 3.62. The number of aromatic nitrogens is 2. The average molecular weight is 368 g/mol. The molecule has 0 aliphatic carbocycles. The molecular weight excluding hydrogens is 349 g/mol. The van der Waals surface area contributed by atoms with Crippen LogP contribution in [0.2, 0.25) is 0 Å². The van der Waals surface area contributed by atoms with Crippen LogP contribution in [0, 0.1) is 0 Å². The summed E-state index contributed by atoms with van der Waals surface area (Å²) in [6.07, 6.45) is -1.68. The van der Waals surface area contributed by atoms with Crippen molar-refractivity contribution in [1.82, 2.24) is 9.78 Å². The lowest BCUT2D eigenvalue weighted by atomic mass is 10.0. The first kappa shape index (κ1) is 19.5. The molecule has 0 radical (unpaired) electrons. The molecule has 26 heavy (non-hydrogen) atoms. The Morgan fingerprint density at radius 2 is 1.96 bits per heavy atom. The Balaban J connectivity index is 1.78. The molecule has 0 saturated carbocycles. The van der Waals surface area contributed by atoms with Gasteiger partial charge in [0.15, 0.2) is 5.82 Å². The van der Waals surface area contributed by atoms with Gasteiger partial charge >= 0.3 is 6.18 Å². The summed E-state index contributed by atoms with van der Waals surface area (Å²) in [5.74, 6) is -0.378. The molecule has 9 heteroatoms. The lowest BCUT2D eigenvalue weighted by Crippen LogP contribution is -2.15. The van der Waals surface area contributed by atoms with E-state index in [9.17, 15) is 22.8 Å². The highest BCUT2D eigenvalue weighted by atomic mass is 19.4. The molecule has 0 fully saturated rings. The Hall–Kier alpha value is -2.84. The number of hydrogen-bond donors (Lipinski definition) is 2. The van der Waals surface area contributed by atoms with Crippen LogP contribution >= 0.6 is 0 Å². The zero-order valence-corrected chi connectivity index (χ0v) is 13.9. The first-order valence-corrected chi connectivity index (χ1v) is 8.02. The van der Waals surface area contributed by atoms with Crippen LogP contribution in [0.3, 0.4) is 0 Å². The number of nitrogens with two attached hydrogens (primary N) is 1. The summed E-state index contributed by atoms with van der Waals surface area (Å²) in [6, 6.07) is 6.67. The van der Waals surface area contributed by atoms with Gasteiger partial charge in [-0.05, 0) is 24.5 Å². The first-order valence-electron chi connectivity index (χ1n) is 8.02. The number of amides is 2. The van der Waals surface area contributed by atoms with Gasteiger partial charge in [-0.3, -0.25) is 14.3 Å². The average Bonchev–Trinajstić information content (AvgIpc) is 3.00. The lowest BCUT2D eigenvalue weighted by molar-refractivity contribution is -0.137. The van der Waals surface area contributed by atoms with Crippen molar-refractivity contribution in [3.63, 3.8) is 0 Å². The van der Waals surface area contributed by atoms with Crippen LogP contribution in [0.4, 0.5) is 19.0 Å². The minimum absolute atomic E-state index is 0.145. The molecule has 0 aliphatic heterocycles. The number of primary amides is 1. The number of nitrogens with one attached hydrogen (secondary N) is 1. The molecule has 1 aromatic carbocycles. The fourth-order valence-corrected chi connectivity index (χ4v) is 2.34. The van der Waals surface area contributed by atoms with E-state index in [0.29, 0.717) is 30.8 Å². The molecule has 2 rings (SSSR count). The highest BCUT2D eigenvalue weighted by Crippen LogP contribution is 2.29. The Kier molecular flexibility index (Phi) is 6.37. The number of alkyl halides is 3. The van der Waals surface area contributed by atoms with Crippen molar-refractivity contribution >= 4 is 17.6 Å². The van der Waals surface area contributed by atoms with Crippen LogP contribution in [0.5, 0.6) is 0 Å². The van der Waals surface area contributed by atoms with Crippen molar-refractivity contribution in [3.8, 4) is 0 Å². The van der Waals surface area contributed by atoms with Gasteiger partial charge in [0.1, 0.15) is 0 Å². The van der Waals surface area contributed by atoms with Crippen molar-refractivity contribution in [2.45, 2.75) is 38.4 Å². The van der Waals surface area contributed by atoms with Crippen molar-refractivity contribution in [3.05, 3.63) is 47.7 Å². The highest BCUT2D eigenvalue weighted by molar-refractivity contribution is 5.89. The van der Waals surface area contributed by atoms with E-state index in [0.717, 1.165) is 12.1 Å². The zero-order valence-electron chi connectivity index (χ0n) is 13.9. The molecule has 2 amide bonds. The number of benzene rings is 1. The molecule has 0 saturated heterocycles. The largest absolute Gasteiger partial charge is 0.416 e. The lowest BCUT2D eigenvalue weighted by Gasteiger charge is -2.08. The number of carbonyl (C=O) groups is 2. The molecule has 0 atom stereocenters. The Labute approximate surface area is 148 Å². The molecule has 0 spiro atoms. The first-order chi connectivity index (χ1) is 12.2. The van der Waals surface area contributed by atoms with Crippen LogP contribution in [0.25, 0.3) is 0 Å². The van der Waals surface area contributed by atoms with Gasteiger partial charge in [0.2, 0.25) is 11.8 Å². The second-order valence-electron chi connectivity index (χ2n) is 5.78. The van der Waals surface area contributed by atoms with Gasteiger partial charge in [0.25, 0.3) is 0 Å². The molecule has 3 N–H and O–H groups in total. The van der Waals surface area contributed by atoms with E-state index in [-0.39, 0.29) is 18.7 Å². The molecule has 140 valence electrons. The Bertz CT molecular complexity index is 771. The van der Waals surface area contributed by atoms with Gasteiger partial charge in [-0.25, -0.2) is 0 Å². The van der Waals surface area contributed by atoms with Gasteiger partial charge in [0.05, 0.1) is 5.56 Å². The third-order valence-electron chi connectivity index (χ3n) is 3.62. The van der Waals surface area contributed by atoms with Crippen LogP contribution < -0.4 is 11.1 Å². The van der Waals surface area contributed by atoms with Crippen LogP contribution in [0.1, 0.15) is 30.4 Å². The van der Waals surface area contributed by atoms with Crippen LogP contribution in [0.15, 0.2) is 36.5 Å². The summed E-state index contributed by atoms with van der Waals surface area (Å²) < 4.78 is 39.5. The molecule has 1 aromatic heterocycles. The van der Waals surface area contributed by atoms with Crippen molar-refractivity contribution in [2.24, 2.45) is 5.73 Å². The second-order valence-corrected chi connectivity index (χ2v) is 5.78. The number of carbonyl (C=O) groups excluding carboxylic acids is 2. The van der Waals surface area contributed by atoms with E-state index in [1.165, 1.54) is 10.7 Å². The fourth-order valence-electron chi connectivity index (χ4n) is 2.34. The maximum Gasteiger partial charge on any atom is 0.416 e. The molecule has 0 unspecified atom stereocenters. The predicted octanol–water partition coefficient (Wildman–Crippen LogP) is 2.74. The summed E-state index contributed by atoms with van der Waals surface area (Å²) in [5, 5.41) is 6.68. The highest BCUT2D eigenvalue weighted by Gasteiger charge is 2.30. The maximum absolute atomic E-state index is 12.7. The number of aryl methyl sites for hydroxylation is 2. The van der Waals surface area contributed by atoms with Gasteiger partial charge in [0, 0.05) is 31.6 Å². The topological polar surface area (TPSA) is 90.0 Å². The van der Waals surface area contributed by atoms with Gasteiger partial charge in [-0.15, -0.1) is 0 Å². The maximum atomic E-state index is 12.7. The Morgan fingerprint density at radius 1 is 1.19 bits per heavy atom. The van der Waals surface area contributed by atoms with E-state index in [1.807, 2.05) is 0 Å². The minimum Gasteiger partial charge on any atom is -0.370 e. The van der Waals surface area contributed by atoms with E-state index in [1.54, 1.807) is 18.3 Å². The van der Waals surface area contributed by atoms with Crippen molar-refractivity contribution in [2.75, 3.05) is 5.32 Å². The fraction of sp³-hybridized carbons (Fsp3) is 0.353. The number of rotatable bonds is 8. The van der Waals surface area contributed by atoms with E-state index < -0.39 is 17.6 Å². The molecule has 0 aliphatic rings. The predicted molar refractivity (Wildman–Crippen MR) is 89.1 cm³/mol. The van der Waals surface area contributed by atoms with E-state index >= 15 is 0 Å². The monoisotopic (exact) mass is 368 g/mol. The SMILES string of the molecule is NC(=O)CCn1ccc(NC(=O)CCCc2cccc(C(F)(F)F)c2)n1. The standard InChI is InChI=1S/C17H19F3N4O2/c18-17(19,20)13-5-1-3-12(11-13)4-2-6-16(26)22-15-8-10-24(23-15)9-7-14(21)25/h1,3,5,8,10-11H,2,4,6-7,9H2,(H2,21,25)(H,22,23,26). The Morgan fingerprint density at radius 3 is 2.65 bits per heavy atom. The summed E-state index contributed by atoms with van der Waals surface area (Å²) in [4.78, 5) is 22.6. The number of nitrogens with zero attached hydrogens (tertiary/aromatic N) is 2. The molecule has 6 nitrogen and oxygen atoms in total. The van der Waals surface area contributed by atoms with Gasteiger partial charge in [-0.1, -0.05) is 18.2 Å². The normalized spacial score (nSPS) is 11.3. The van der Waals surface area contributed by atoms with Crippen LogP contribution in [-0.2, 0) is 28.7 Å². The summed E-state index contributed by atoms with van der Waals surface area (Å²) in [5.41, 5.74) is 4.89. The third kappa shape index (κ3) is 6.23. The second kappa shape index (κ2) is 8.50. The number of anilines is 1. The van der Waals surface area contributed by atoms with E-state index in [4.69, 9.17) is 5.73 Å². The van der Waals surface area contributed by atoms with Gasteiger partial charge in [-0.2, -0.15) is 18.3 Å². The van der Waals surface area contributed by atoms with Crippen LogP contribution in [-0.4, -0.2) is 21.6 Å². The van der Waals surface area contributed by atoms with Gasteiger partial charge < -0.3 is 11.1 Å². The summed E-state index contributed by atoms with van der Waals surface area (Å²) >= 11 is 0. The molecule has 2 aromatic rings.